The van der Waals surface area contributed by atoms with Gasteiger partial charge in [0, 0.05) is 18.8 Å². The molecule has 0 fully saturated rings. The molecule has 6 heteroatoms. The van der Waals surface area contributed by atoms with Crippen molar-refractivity contribution in [1.29, 1.82) is 0 Å². The number of guanidine groups is 1. The summed E-state index contributed by atoms with van der Waals surface area (Å²) in [6.07, 6.45) is 3.90. The van der Waals surface area contributed by atoms with Gasteiger partial charge in [-0.15, -0.1) is 24.0 Å². The Labute approximate surface area is 139 Å². The van der Waals surface area contributed by atoms with Crippen LogP contribution >= 0.6 is 24.0 Å². The zero-order chi connectivity index (χ0) is 14.3. The summed E-state index contributed by atoms with van der Waals surface area (Å²) in [5.74, 6) is 1.46. The molecule has 0 aliphatic carbocycles. The van der Waals surface area contributed by atoms with Crippen LogP contribution in [0.3, 0.4) is 0 Å². The van der Waals surface area contributed by atoms with Gasteiger partial charge in [-0.1, -0.05) is 13.8 Å². The van der Waals surface area contributed by atoms with Gasteiger partial charge in [-0.25, -0.2) is 0 Å². The second kappa shape index (κ2) is 10.0. The first-order valence-electron chi connectivity index (χ1n) is 7.06. The number of aromatic nitrogens is 2. The van der Waals surface area contributed by atoms with Crippen LogP contribution in [0.1, 0.15) is 33.3 Å². The highest BCUT2D eigenvalue weighted by atomic mass is 127. The smallest absolute Gasteiger partial charge is 0.191 e. The summed E-state index contributed by atoms with van der Waals surface area (Å²) < 4.78 is 1.92. The van der Waals surface area contributed by atoms with Crippen LogP contribution in [-0.2, 0) is 6.54 Å². The van der Waals surface area contributed by atoms with Gasteiger partial charge in [0.1, 0.15) is 0 Å². The molecule has 0 radical (unpaired) electrons. The molecule has 1 aromatic heterocycles. The largest absolute Gasteiger partial charge is 0.357 e. The average molecular weight is 393 g/mol. The lowest BCUT2D eigenvalue weighted by atomic mass is 10.1. The normalized spacial score (nSPS) is 13.0. The lowest BCUT2D eigenvalue weighted by molar-refractivity contribution is 0.480. The summed E-state index contributed by atoms with van der Waals surface area (Å²) in [5, 5.41) is 10.9. The van der Waals surface area contributed by atoms with E-state index in [0.717, 1.165) is 25.6 Å². The summed E-state index contributed by atoms with van der Waals surface area (Å²) >= 11 is 0. The molecule has 116 valence electrons. The first-order chi connectivity index (χ1) is 9.02. The third kappa shape index (κ3) is 7.12. The van der Waals surface area contributed by atoms with E-state index in [4.69, 9.17) is 0 Å². The van der Waals surface area contributed by atoms with E-state index in [1.54, 1.807) is 0 Å². The molecule has 2 N–H and O–H groups in total. The molecule has 1 aromatic rings. The summed E-state index contributed by atoms with van der Waals surface area (Å²) in [6, 6.07) is 0.407. The summed E-state index contributed by atoms with van der Waals surface area (Å²) in [5.41, 5.74) is 1.18. The fraction of sp³-hybridized carbons (Fsp3) is 0.714. The Morgan fingerprint density at radius 3 is 2.60 bits per heavy atom. The van der Waals surface area contributed by atoms with Crippen LogP contribution in [0.5, 0.6) is 0 Å². The molecule has 0 bridgehead atoms. The molecule has 20 heavy (non-hydrogen) atoms. The zero-order valence-electron chi connectivity index (χ0n) is 13.2. The highest BCUT2D eigenvalue weighted by Gasteiger charge is 2.08. The Kier molecular flexibility index (Phi) is 9.62. The predicted molar refractivity (Wildman–Crippen MR) is 95.8 cm³/mol. The lowest BCUT2D eigenvalue weighted by Crippen LogP contribution is -2.44. The molecular weight excluding hydrogens is 365 g/mol. The van der Waals surface area contributed by atoms with Crippen LogP contribution in [0, 0.1) is 12.8 Å². The van der Waals surface area contributed by atoms with Gasteiger partial charge in [-0.3, -0.25) is 9.67 Å². The van der Waals surface area contributed by atoms with Crippen LogP contribution < -0.4 is 10.6 Å². The van der Waals surface area contributed by atoms with Gasteiger partial charge in [-0.05, 0) is 32.3 Å². The number of nitrogens with zero attached hydrogens (tertiary/aromatic N) is 3. The molecule has 1 heterocycles. The molecule has 1 rings (SSSR count). The number of nitrogens with one attached hydrogen (secondary N) is 2. The Morgan fingerprint density at radius 1 is 1.40 bits per heavy atom. The minimum Gasteiger partial charge on any atom is -0.357 e. The van der Waals surface area contributed by atoms with Crippen molar-refractivity contribution in [2.45, 2.75) is 47.2 Å². The maximum absolute atomic E-state index is 4.57. The number of halogens is 1. The average Bonchev–Trinajstić information content (AvgIpc) is 2.75. The van der Waals surface area contributed by atoms with Crippen molar-refractivity contribution in [3.63, 3.8) is 0 Å². The summed E-state index contributed by atoms with van der Waals surface area (Å²) in [6.45, 7) is 13.1. The number of hydrogen-bond donors (Lipinski definition) is 2. The molecule has 0 aromatic carbocycles. The van der Waals surface area contributed by atoms with E-state index in [1.807, 2.05) is 24.0 Å². The van der Waals surface area contributed by atoms with Gasteiger partial charge in [0.05, 0.1) is 19.3 Å². The Hall–Kier alpha value is -0.790. The summed E-state index contributed by atoms with van der Waals surface area (Å²) in [7, 11) is 0. The van der Waals surface area contributed by atoms with E-state index >= 15 is 0 Å². The van der Waals surface area contributed by atoms with E-state index in [1.165, 1.54) is 5.56 Å². The van der Waals surface area contributed by atoms with Gasteiger partial charge < -0.3 is 10.6 Å². The molecule has 0 amide bonds. The minimum atomic E-state index is 0. The molecule has 0 saturated carbocycles. The standard InChI is InChI=1S/C14H27N5.HI/c1-6-15-14(18-13(5)11(2)3)16-7-8-19-10-12(4)9-17-19;/h9-11,13H,6-8H2,1-5H3,(H2,15,16,18);1H. The molecule has 0 aliphatic rings. The number of rotatable bonds is 6. The maximum atomic E-state index is 4.57. The fourth-order valence-corrected chi connectivity index (χ4v) is 1.56. The van der Waals surface area contributed by atoms with E-state index in [2.05, 4.69) is 48.4 Å². The maximum Gasteiger partial charge on any atom is 0.191 e. The van der Waals surface area contributed by atoms with Gasteiger partial charge in [0.15, 0.2) is 5.96 Å². The lowest BCUT2D eigenvalue weighted by Gasteiger charge is -2.20. The second-order valence-electron chi connectivity index (χ2n) is 5.22. The Balaban J connectivity index is 0.00000361. The van der Waals surface area contributed by atoms with E-state index in [9.17, 15) is 0 Å². The van der Waals surface area contributed by atoms with Crippen molar-refractivity contribution in [3.05, 3.63) is 18.0 Å². The fourth-order valence-electron chi connectivity index (χ4n) is 1.56. The van der Waals surface area contributed by atoms with Crippen molar-refractivity contribution in [2.24, 2.45) is 10.9 Å². The Bertz CT molecular complexity index is 400. The van der Waals surface area contributed by atoms with Crippen LogP contribution in [0.25, 0.3) is 0 Å². The van der Waals surface area contributed by atoms with Gasteiger partial charge in [0.2, 0.25) is 0 Å². The topological polar surface area (TPSA) is 54.2 Å². The van der Waals surface area contributed by atoms with Crippen molar-refractivity contribution >= 4 is 29.9 Å². The molecule has 1 atom stereocenters. The zero-order valence-corrected chi connectivity index (χ0v) is 15.5. The molecule has 0 saturated heterocycles. The van der Waals surface area contributed by atoms with Crippen molar-refractivity contribution in [3.8, 4) is 0 Å². The third-order valence-electron chi connectivity index (χ3n) is 3.07. The van der Waals surface area contributed by atoms with Crippen LogP contribution in [-0.4, -0.2) is 34.9 Å². The van der Waals surface area contributed by atoms with E-state index in [-0.39, 0.29) is 24.0 Å². The quantitative estimate of drug-likeness (QED) is 0.444. The molecule has 0 spiro atoms. The molecule has 5 nitrogen and oxygen atoms in total. The van der Waals surface area contributed by atoms with Crippen molar-refractivity contribution in [1.82, 2.24) is 20.4 Å². The number of hydrogen-bond acceptors (Lipinski definition) is 2. The van der Waals surface area contributed by atoms with Crippen LogP contribution in [0.2, 0.25) is 0 Å². The van der Waals surface area contributed by atoms with Crippen molar-refractivity contribution < 1.29 is 0 Å². The second-order valence-corrected chi connectivity index (χ2v) is 5.22. The van der Waals surface area contributed by atoms with E-state index in [0.29, 0.717) is 12.0 Å². The monoisotopic (exact) mass is 393 g/mol. The number of aliphatic imine (C=N–C) groups is 1. The van der Waals surface area contributed by atoms with Crippen LogP contribution in [0.15, 0.2) is 17.4 Å². The molecule has 0 aliphatic heterocycles. The van der Waals surface area contributed by atoms with Gasteiger partial charge in [0.25, 0.3) is 0 Å². The Morgan fingerprint density at radius 2 is 2.10 bits per heavy atom. The summed E-state index contributed by atoms with van der Waals surface area (Å²) in [4.78, 5) is 4.57. The first kappa shape index (κ1) is 19.2. The minimum absolute atomic E-state index is 0. The highest BCUT2D eigenvalue weighted by Crippen LogP contribution is 1.99. The number of aryl methyl sites for hydroxylation is 1. The van der Waals surface area contributed by atoms with Gasteiger partial charge >= 0.3 is 0 Å². The third-order valence-corrected chi connectivity index (χ3v) is 3.07. The molecular formula is C14H28IN5. The SMILES string of the molecule is CCNC(=NCCn1cc(C)cn1)NC(C)C(C)C.I. The van der Waals surface area contributed by atoms with Gasteiger partial charge in [-0.2, -0.15) is 5.10 Å². The first-order valence-corrected chi connectivity index (χ1v) is 7.06. The van der Waals surface area contributed by atoms with E-state index < -0.39 is 0 Å². The van der Waals surface area contributed by atoms with Crippen LogP contribution in [0.4, 0.5) is 0 Å². The van der Waals surface area contributed by atoms with Crippen molar-refractivity contribution in [2.75, 3.05) is 13.1 Å². The highest BCUT2D eigenvalue weighted by molar-refractivity contribution is 14.0. The predicted octanol–water partition coefficient (Wildman–Crippen LogP) is 2.41. The molecule has 1 unspecified atom stereocenters.